The number of aromatic carboxylic acids is 2. The Bertz CT molecular complexity index is 4920. The third kappa shape index (κ3) is 12.0. The zero-order valence-electron chi connectivity index (χ0n) is 45.0. The van der Waals surface area contributed by atoms with Crippen LogP contribution in [-0.4, -0.2) is 114 Å². The number of carboxylic acid groups (broad SMARTS) is 2. The second-order valence-electron chi connectivity index (χ2n) is 19.2. The van der Waals surface area contributed by atoms with Crippen LogP contribution in [0.3, 0.4) is 0 Å². The Balaban J connectivity index is 0.000000121. The molecule has 26 heteroatoms. The molecule has 0 unspecified atom stereocenters. The van der Waals surface area contributed by atoms with Gasteiger partial charge in [0.2, 0.25) is 11.6 Å². The molecular weight excluding hydrogens is 1130 g/mol. The van der Waals surface area contributed by atoms with Crippen molar-refractivity contribution < 1.29 is 40.2 Å². The predicted molar refractivity (Wildman–Crippen MR) is 323 cm³/mol. The highest BCUT2D eigenvalue weighted by Crippen LogP contribution is 2.34. The Morgan fingerprint density at radius 2 is 0.693 bits per heavy atom. The maximum atomic E-state index is 11.6. The van der Waals surface area contributed by atoms with Gasteiger partial charge in [-0.1, -0.05) is 91.0 Å². The van der Waals surface area contributed by atoms with Crippen molar-refractivity contribution in [2.24, 2.45) is 0 Å². The summed E-state index contributed by atoms with van der Waals surface area (Å²) in [7, 11) is 0. The van der Waals surface area contributed by atoms with Gasteiger partial charge in [-0.25, -0.2) is 9.59 Å². The van der Waals surface area contributed by atoms with Crippen molar-refractivity contribution in [2.45, 2.75) is 0 Å². The molecular formula is C62H42N14O12. The van der Waals surface area contributed by atoms with Crippen LogP contribution in [0.4, 0.5) is 0 Å². The van der Waals surface area contributed by atoms with Gasteiger partial charge in [0.05, 0.1) is 11.1 Å². The van der Waals surface area contributed by atoms with Crippen molar-refractivity contribution in [1.82, 2.24) is 71.2 Å². The number of hydrogen-bond donors (Lipinski definition) is 12. The van der Waals surface area contributed by atoms with E-state index < -0.39 is 34.2 Å². The van der Waals surface area contributed by atoms with Gasteiger partial charge >= 0.3 is 11.9 Å². The summed E-state index contributed by atoms with van der Waals surface area (Å²) in [6, 6.07) is 44.5. The monoisotopic (exact) mass is 1170 g/mol. The summed E-state index contributed by atoms with van der Waals surface area (Å²) in [4.78, 5) is 87.1. The van der Waals surface area contributed by atoms with Gasteiger partial charge in [-0.3, -0.25) is 29.1 Å². The van der Waals surface area contributed by atoms with Gasteiger partial charge in [0.25, 0.3) is 22.2 Å². The Labute approximate surface area is 490 Å². The number of fused-ring (bicyclic) bond motifs is 4. The molecule has 6 aromatic carbocycles. The van der Waals surface area contributed by atoms with Crippen molar-refractivity contribution in [3.05, 3.63) is 235 Å². The summed E-state index contributed by atoms with van der Waals surface area (Å²) in [5.74, 6) is -2.40. The van der Waals surface area contributed by atoms with Crippen LogP contribution in [0.25, 0.3) is 111 Å². The number of carbonyl (C=O) groups is 2. The molecule has 0 atom stereocenters. The summed E-state index contributed by atoms with van der Waals surface area (Å²) in [5.41, 5.74) is 7.83. The molecule has 12 N–H and O–H groups in total. The average Bonchev–Trinajstić information content (AvgIpc) is 3.40. The first-order valence-corrected chi connectivity index (χ1v) is 26.0. The second-order valence-corrected chi connectivity index (χ2v) is 19.2. The number of H-pyrrole nitrogens is 6. The van der Waals surface area contributed by atoms with E-state index in [9.17, 15) is 59.4 Å². The smallest absolute Gasteiger partial charge is 0.336 e. The first kappa shape index (κ1) is 56.6. The van der Waals surface area contributed by atoms with Crippen LogP contribution in [0.5, 0.6) is 23.0 Å². The van der Waals surface area contributed by atoms with Crippen LogP contribution in [0.1, 0.15) is 20.7 Å². The fourth-order valence-corrected chi connectivity index (χ4v) is 9.46. The van der Waals surface area contributed by atoms with E-state index in [1.165, 1.54) is 48.8 Å². The fraction of sp³-hybridized carbons (Fsp3) is 0. The zero-order valence-corrected chi connectivity index (χ0v) is 45.0. The molecule has 26 nitrogen and oxygen atoms in total. The van der Waals surface area contributed by atoms with Crippen LogP contribution in [0.2, 0.25) is 0 Å². The lowest BCUT2D eigenvalue weighted by Gasteiger charge is -2.08. The van der Waals surface area contributed by atoms with Gasteiger partial charge in [0.1, 0.15) is 0 Å². The number of aromatic hydroxyl groups is 4. The second kappa shape index (κ2) is 24.3. The van der Waals surface area contributed by atoms with E-state index in [0.717, 1.165) is 44.2 Å². The van der Waals surface area contributed by atoms with Crippen molar-refractivity contribution in [3.8, 4) is 90.3 Å². The Morgan fingerprint density at radius 3 is 1.11 bits per heavy atom. The Kier molecular flexibility index (Phi) is 15.6. The molecule has 0 amide bonds. The molecule has 432 valence electrons. The van der Waals surface area contributed by atoms with E-state index in [1.54, 1.807) is 73.1 Å². The normalized spacial score (nSPS) is 10.8. The molecule has 0 bridgehead atoms. The molecule has 0 aliphatic heterocycles. The standard InChI is InChI=1S/C16H11N5O2.C16H11NO4.C15H10N6O2.C15H10N2O4/c22-14-8-10-6-5-9(7-13(10)17-16(14)23)11-3-1-2-4-12(11)15-18-20-21-19-15;18-14-8-10-6-5-9(7-13(10)17-15(14)19)11-3-1-2-4-12(11)16(20)21;22-13-6-9-2-1-8(5-12(9)17-15(13)23)11-7-16-4-3-10(11)14-18-20-21-19-14;18-13-6-9-2-1-8(5-12(9)17-14(13)19)11-7-16-4-3-10(11)15(20)21/h1-8,22H,(H,17,23)(H,18,19,20,21);1-8,18H,(H,17,19)(H,20,21);1-7,22H,(H,17,23)(H,18,19,20,21);1-7,18H,(H,17,19)(H,20,21). The topological polar surface area (TPSA) is 422 Å². The van der Waals surface area contributed by atoms with Crippen LogP contribution < -0.4 is 22.2 Å². The number of pyridine rings is 6. The van der Waals surface area contributed by atoms with E-state index in [-0.39, 0.29) is 34.1 Å². The van der Waals surface area contributed by atoms with Crippen molar-refractivity contribution in [1.29, 1.82) is 0 Å². The SMILES string of the molecule is O=C(O)c1ccccc1-c1ccc2cc(O)c(=O)[nH]c2c1.O=C(O)c1ccncc1-c1ccc2cc(O)c(=O)[nH]c2c1.O=c1[nH]c2cc(-c3ccccc3-c3nn[nH]n3)ccc2cc1O.O=c1[nH]c2cc(-c3cnccc3-c3nn[nH]n3)ccc2cc1O. The number of aromatic nitrogens is 14. The molecule has 0 fully saturated rings. The summed E-state index contributed by atoms with van der Waals surface area (Å²) < 4.78 is 0. The van der Waals surface area contributed by atoms with Crippen molar-refractivity contribution >= 4 is 55.6 Å². The number of carboxylic acids is 2. The molecule has 0 saturated heterocycles. The summed E-state index contributed by atoms with van der Waals surface area (Å²) >= 11 is 0. The lowest BCUT2D eigenvalue weighted by molar-refractivity contribution is 0.0687. The van der Waals surface area contributed by atoms with Gasteiger partial charge in [-0.15, -0.1) is 20.4 Å². The molecule has 14 rings (SSSR count). The van der Waals surface area contributed by atoms with E-state index in [1.807, 2.05) is 60.7 Å². The Morgan fingerprint density at radius 1 is 0.352 bits per heavy atom. The van der Waals surface area contributed by atoms with Gasteiger partial charge in [0, 0.05) is 90.7 Å². The molecule has 0 saturated carbocycles. The number of tetrazole rings is 2. The van der Waals surface area contributed by atoms with E-state index >= 15 is 0 Å². The maximum Gasteiger partial charge on any atom is 0.336 e. The van der Waals surface area contributed by atoms with Crippen molar-refractivity contribution in [2.75, 3.05) is 0 Å². The van der Waals surface area contributed by atoms with Gasteiger partial charge < -0.3 is 50.6 Å². The molecule has 0 aliphatic rings. The van der Waals surface area contributed by atoms with Crippen LogP contribution >= 0.6 is 0 Å². The number of hydrogen-bond acceptors (Lipinski definition) is 18. The van der Waals surface area contributed by atoms with E-state index in [2.05, 4.69) is 71.2 Å². The molecule has 8 heterocycles. The summed E-state index contributed by atoms with van der Waals surface area (Å²) in [5, 5.41) is 87.1. The number of rotatable bonds is 8. The highest BCUT2D eigenvalue weighted by molar-refractivity contribution is 5.99. The summed E-state index contributed by atoms with van der Waals surface area (Å²) in [6.07, 6.45) is 6.22. The minimum Gasteiger partial charge on any atom is -0.503 e. The van der Waals surface area contributed by atoms with E-state index in [4.69, 9.17) is 0 Å². The lowest BCUT2D eigenvalue weighted by atomic mass is 9.98. The number of benzene rings is 6. The average molecular weight is 1180 g/mol. The van der Waals surface area contributed by atoms with Gasteiger partial charge in [-0.05, 0) is 111 Å². The lowest BCUT2D eigenvalue weighted by Crippen LogP contribution is -2.04. The predicted octanol–water partition coefficient (Wildman–Crippen LogP) is 8.15. The van der Waals surface area contributed by atoms with Gasteiger partial charge in [-0.2, -0.15) is 10.4 Å². The molecule has 14 aromatic rings. The molecule has 88 heavy (non-hydrogen) atoms. The molecule has 0 spiro atoms. The number of nitrogens with one attached hydrogen (secondary N) is 6. The van der Waals surface area contributed by atoms with Crippen LogP contribution in [0, 0.1) is 0 Å². The number of aromatic amines is 6. The maximum absolute atomic E-state index is 11.6. The third-order valence-electron chi connectivity index (χ3n) is 13.7. The van der Waals surface area contributed by atoms with Crippen molar-refractivity contribution in [3.63, 3.8) is 0 Å². The van der Waals surface area contributed by atoms with E-state index in [0.29, 0.717) is 66.7 Å². The molecule has 0 radical (unpaired) electrons. The first-order chi connectivity index (χ1) is 42.6. The highest BCUT2D eigenvalue weighted by atomic mass is 16.4. The van der Waals surface area contributed by atoms with Gasteiger partial charge in [0.15, 0.2) is 23.0 Å². The zero-order chi connectivity index (χ0) is 61.6. The quantitative estimate of drug-likeness (QED) is 0.0682. The molecule has 8 aromatic heterocycles. The van der Waals surface area contributed by atoms with Crippen LogP contribution in [0.15, 0.2) is 202 Å². The highest BCUT2D eigenvalue weighted by Gasteiger charge is 2.17. The van der Waals surface area contributed by atoms with Crippen LogP contribution in [-0.2, 0) is 0 Å². The summed E-state index contributed by atoms with van der Waals surface area (Å²) in [6.45, 7) is 0. The first-order valence-electron chi connectivity index (χ1n) is 26.0. The third-order valence-corrected chi connectivity index (χ3v) is 13.7. The largest absolute Gasteiger partial charge is 0.503 e. The minimum absolute atomic E-state index is 0.130. The Hall–Kier alpha value is -13.3. The molecule has 0 aliphatic carbocycles. The fourth-order valence-electron chi connectivity index (χ4n) is 9.46. The minimum atomic E-state index is -1.05. The number of nitrogens with zero attached hydrogens (tertiary/aromatic N) is 8.